The van der Waals surface area contributed by atoms with E-state index < -0.39 is 34.1 Å². The van der Waals surface area contributed by atoms with Gasteiger partial charge in [0.1, 0.15) is 17.4 Å². The van der Waals surface area contributed by atoms with Gasteiger partial charge in [0.05, 0.1) is 27.1 Å². The van der Waals surface area contributed by atoms with Gasteiger partial charge in [-0.2, -0.15) is 0 Å². The van der Waals surface area contributed by atoms with Crippen LogP contribution in [0.1, 0.15) is 0 Å². The van der Waals surface area contributed by atoms with Crippen molar-refractivity contribution in [3.8, 4) is 0 Å². The fraction of sp³-hybridized carbons (Fsp3) is 0.0714. The highest BCUT2D eigenvalue weighted by molar-refractivity contribution is 7.85. The topological polar surface area (TPSA) is 72.2 Å². The summed E-state index contributed by atoms with van der Waals surface area (Å²) in [6.07, 6.45) is 0. The van der Waals surface area contributed by atoms with Crippen molar-refractivity contribution in [1.29, 1.82) is 0 Å². The van der Waals surface area contributed by atoms with Gasteiger partial charge in [0.25, 0.3) is 0 Å². The van der Waals surface area contributed by atoms with Crippen LogP contribution in [0.15, 0.2) is 47.4 Å². The van der Waals surface area contributed by atoms with Crippen molar-refractivity contribution in [2.75, 3.05) is 16.8 Å². The van der Waals surface area contributed by atoms with Gasteiger partial charge in [-0.1, -0.05) is 12.1 Å². The normalized spacial score (nSPS) is 11.9. The molecular formula is C14H12F2N2O2S. The first-order chi connectivity index (χ1) is 9.97. The average Bonchev–Trinajstić information content (AvgIpc) is 2.41. The lowest BCUT2D eigenvalue weighted by molar-refractivity contribution is -0.113. The molecule has 2 aromatic carbocycles. The number of benzene rings is 2. The van der Waals surface area contributed by atoms with Crippen molar-refractivity contribution in [1.82, 2.24) is 0 Å². The standard InChI is InChI=1S/C14H12F2N2O2S/c15-9-5-6-13(10(16)7-9)21(20)8-14(19)18-12-4-2-1-3-11(12)17/h1-7H,8,17H2,(H,18,19). The maximum Gasteiger partial charge on any atom is 0.237 e. The summed E-state index contributed by atoms with van der Waals surface area (Å²) in [5.41, 5.74) is 6.41. The van der Waals surface area contributed by atoms with Crippen molar-refractivity contribution < 1.29 is 17.8 Å². The molecule has 110 valence electrons. The number of halogens is 2. The third-order valence-corrected chi connectivity index (χ3v) is 3.98. The highest BCUT2D eigenvalue weighted by Crippen LogP contribution is 2.18. The van der Waals surface area contributed by atoms with E-state index in [1.54, 1.807) is 24.3 Å². The number of carbonyl (C=O) groups is 1. The Morgan fingerprint density at radius 3 is 2.57 bits per heavy atom. The van der Waals surface area contributed by atoms with Gasteiger partial charge in [0, 0.05) is 6.07 Å². The lowest BCUT2D eigenvalue weighted by Crippen LogP contribution is -2.20. The average molecular weight is 310 g/mol. The molecule has 4 nitrogen and oxygen atoms in total. The molecule has 21 heavy (non-hydrogen) atoms. The minimum Gasteiger partial charge on any atom is -0.397 e. The number of nitrogen functional groups attached to an aromatic ring is 1. The van der Waals surface area contributed by atoms with E-state index in [0.717, 1.165) is 12.1 Å². The Morgan fingerprint density at radius 1 is 1.19 bits per heavy atom. The van der Waals surface area contributed by atoms with E-state index in [1.807, 2.05) is 0 Å². The lowest BCUT2D eigenvalue weighted by Gasteiger charge is -2.08. The van der Waals surface area contributed by atoms with Crippen molar-refractivity contribution in [2.24, 2.45) is 0 Å². The molecule has 0 saturated carbocycles. The number of rotatable bonds is 4. The Morgan fingerprint density at radius 2 is 1.90 bits per heavy atom. The molecule has 7 heteroatoms. The maximum atomic E-state index is 13.5. The number of para-hydroxylation sites is 2. The highest BCUT2D eigenvalue weighted by Gasteiger charge is 2.15. The zero-order valence-corrected chi connectivity index (χ0v) is 11.6. The molecule has 0 radical (unpaired) electrons. The number of nitrogens with one attached hydrogen (secondary N) is 1. The lowest BCUT2D eigenvalue weighted by atomic mass is 10.3. The molecule has 0 aliphatic heterocycles. The first-order valence-electron chi connectivity index (χ1n) is 5.95. The Kier molecular flexibility index (Phi) is 4.64. The van der Waals surface area contributed by atoms with Crippen LogP contribution < -0.4 is 11.1 Å². The SMILES string of the molecule is Nc1ccccc1NC(=O)CS(=O)c1ccc(F)cc1F. The molecule has 1 amide bonds. The molecule has 1 unspecified atom stereocenters. The molecule has 0 aliphatic rings. The fourth-order valence-corrected chi connectivity index (χ4v) is 2.62. The molecular weight excluding hydrogens is 298 g/mol. The summed E-state index contributed by atoms with van der Waals surface area (Å²) in [6.45, 7) is 0. The third kappa shape index (κ3) is 3.85. The molecule has 2 rings (SSSR count). The zero-order chi connectivity index (χ0) is 15.4. The Hall–Kier alpha value is -2.28. The van der Waals surface area contributed by atoms with Gasteiger partial charge in [-0.15, -0.1) is 0 Å². The second-order valence-electron chi connectivity index (χ2n) is 4.20. The van der Waals surface area contributed by atoms with E-state index in [9.17, 15) is 17.8 Å². The zero-order valence-electron chi connectivity index (χ0n) is 10.8. The van der Waals surface area contributed by atoms with E-state index in [0.29, 0.717) is 17.4 Å². The fourth-order valence-electron chi connectivity index (χ4n) is 1.65. The first kappa shape index (κ1) is 15.1. The van der Waals surface area contributed by atoms with Crippen LogP contribution in [0, 0.1) is 11.6 Å². The predicted molar refractivity (Wildman–Crippen MR) is 77.1 cm³/mol. The molecule has 0 heterocycles. The van der Waals surface area contributed by atoms with Gasteiger partial charge in [-0.25, -0.2) is 8.78 Å². The summed E-state index contributed by atoms with van der Waals surface area (Å²) in [6, 6.07) is 9.26. The summed E-state index contributed by atoms with van der Waals surface area (Å²) in [5, 5.41) is 2.49. The minimum atomic E-state index is -1.91. The Labute approximate surface area is 122 Å². The van der Waals surface area contributed by atoms with E-state index in [1.165, 1.54) is 0 Å². The maximum absolute atomic E-state index is 13.5. The number of hydrogen-bond acceptors (Lipinski definition) is 3. The van der Waals surface area contributed by atoms with Crippen LogP contribution in [-0.2, 0) is 15.6 Å². The molecule has 0 aliphatic carbocycles. The summed E-state index contributed by atoms with van der Waals surface area (Å²) in [4.78, 5) is 11.6. The van der Waals surface area contributed by atoms with Gasteiger partial charge in [0.15, 0.2) is 0 Å². The van der Waals surface area contributed by atoms with Crippen LogP contribution in [0.25, 0.3) is 0 Å². The molecule has 1 atom stereocenters. The molecule has 0 fully saturated rings. The van der Waals surface area contributed by atoms with Gasteiger partial charge in [0.2, 0.25) is 5.91 Å². The minimum absolute atomic E-state index is 0.215. The Balaban J connectivity index is 2.06. The summed E-state index contributed by atoms with van der Waals surface area (Å²) >= 11 is 0. The molecule has 0 spiro atoms. The highest BCUT2D eigenvalue weighted by atomic mass is 32.2. The molecule has 0 bridgehead atoms. The smallest absolute Gasteiger partial charge is 0.237 e. The molecule has 2 aromatic rings. The van der Waals surface area contributed by atoms with Gasteiger partial charge >= 0.3 is 0 Å². The van der Waals surface area contributed by atoms with Crippen molar-refractivity contribution >= 4 is 28.1 Å². The number of carbonyl (C=O) groups excluding carboxylic acids is 1. The quantitative estimate of drug-likeness (QED) is 0.851. The number of nitrogens with two attached hydrogens (primary N) is 1. The van der Waals surface area contributed by atoms with E-state index in [2.05, 4.69) is 5.32 Å². The van der Waals surface area contributed by atoms with E-state index in [4.69, 9.17) is 5.73 Å². The van der Waals surface area contributed by atoms with Crippen LogP contribution in [0.5, 0.6) is 0 Å². The molecule has 3 N–H and O–H groups in total. The van der Waals surface area contributed by atoms with Crippen LogP contribution in [-0.4, -0.2) is 15.9 Å². The number of hydrogen-bond donors (Lipinski definition) is 2. The second kappa shape index (κ2) is 6.45. The summed E-state index contributed by atoms with van der Waals surface area (Å²) in [7, 11) is -1.91. The predicted octanol–water partition coefficient (Wildman–Crippen LogP) is 2.29. The van der Waals surface area contributed by atoms with Gasteiger partial charge < -0.3 is 11.1 Å². The van der Waals surface area contributed by atoms with Crippen LogP contribution in [0.4, 0.5) is 20.2 Å². The van der Waals surface area contributed by atoms with Crippen molar-refractivity contribution in [2.45, 2.75) is 4.90 Å². The van der Waals surface area contributed by atoms with Crippen molar-refractivity contribution in [3.63, 3.8) is 0 Å². The largest absolute Gasteiger partial charge is 0.397 e. The number of anilines is 2. The molecule has 0 saturated heterocycles. The van der Waals surface area contributed by atoms with Crippen molar-refractivity contribution in [3.05, 3.63) is 54.1 Å². The summed E-state index contributed by atoms with van der Waals surface area (Å²) < 4.78 is 38.1. The first-order valence-corrected chi connectivity index (χ1v) is 7.27. The third-order valence-electron chi connectivity index (χ3n) is 2.64. The molecule has 0 aromatic heterocycles. The van der Waals surface area contributed by atoms with Crippen LogP contribution in [0.3, 0.4) is 0 Å². The monoisotopic (exact) mass is 310 g/mol. The van der Waals surface area contributed by atoms with Gasteiger partial charge in [-0.3, -0.25) is 9.00 Å². The van der Waals surface area contributed by atoms with Crippen LogP contribution in [0.2, 0.25) is 0 Å². The van der Waals surface area contributed by atoms with Gasteiger partial charge in [-0.05, 0) is 24.3 Å². The van der Waals surface area contributed by atoms with E-state index in [-0.39, 0.29) is 4.90 Å². The second-order valence-corrected chi connectivity index (χ2v) is 5.62. The van der Waals surface area contributed by atoms with Crippen LogP contribution >= 0.6 is 0 Å². The Bertz CT molecular complexity index is 707. The van der Waals surface area contributed by atoms with E-state index >= 15 is 0 Å². The summed E-state index contributed by atoms with van der Waals surface area (Å²) in [5.74, 6) is -2.73. The number of amides is 1.